The average molecular weight is 463 g/mol. The normalized spacial score (nSPS) is 22.4. The van der Waals surface area contributed by atoms with Gasteiger partial charge in [0.15, 0.2) is 0 Å². The third-order valence-electron chi connectivity index (χ3n) is 6.67. The summed E-state index contributed by atoms with van der Waals surface area (Å²) in [4.78, 5) is 26.9. The molecule has 0 bridgehead atoms. The van der Waals surface area contributed by atoms with Gasteiger partial charge in [-0.3, -0.25) is 9.59 Å². The van der Waals surface area contributed by atoms with Gasteiger partial charge in [-0.1, -0.05) is 36.9 Å². The molecule has 1 aliphatic carbocycles. The second-order valence-corrected chi connectivity index (χ2v) is 9.49. The van der Waals surface area contributed by atoms with Gasteiger partial charge in [-0.2, -0.15) is 5.26 Å². The number of hydrogen-bond donors (Lipinski definition) is 2. The summed E-state index contributed by atoms with van der Waals surface area (Å²) in [5.41, 5.74) is 1.25. The number of alkyl halides is 1. The third-order valence-corrected chi connectivity index (χ3v) is 6.98. The molecule has 1 saturated heterocycles. The molecule has 0 aromatic heterocycles. The number of nitriles is 1. The average Bonchev–Trinajstić information content (AvgIpc) is 3.16. The van der Waals surface area contributed by atoms with Crippen molar-refractivity contribution in [2.75, 3.05) is 25.0 Å². The van der Waals surface area contributed by atoms with Crippen LogP contribution < -0.4 is 10.6 Å². The molecule has 1 aromatic carbocycles. The molecule has 2 amide bonds. The van der Waals surface area contributed by atoms with Crippen molar-refractivity contribution >= 4 is 29.1 Å². The molecule has 32 heavy (non-hydrogen) atoms. The number of halogens is 2. The van der Waals surface area contributed by atoms with Crippen LogP contribution in [0.25, 0.3) is 0 Å². The van der Waals surface area contributed by atoms with Crippen LogP contribution in [0.2, 0.25) is 5.02 Å². The largest absolute Gasteiger partial charge is 0.324 e. The second-order valence-electron chi connectivity index (χ2n) is 9.08. The van der Waals surface area contributed by atoms with Gasteiger partial charge in [0.2, 0.25) is 11.8 Å². The maximum Gasteiger partial charge on any atom is 0.237 e. The molecular formula is C24H32ClFN4O2. The summed E-state index contributed by atoms with van der Waals surface area (Å²) in [7, 11) is 0. The van der Waals surface area contributed by atoms with Gasteiger partial charge in [0.05, 0.1) is 29.9 Å². The van der Waals surface area contributed by atoms with Crippen LogP contribution in [-0.2, 0) is 9.59 Å². The molecule has 2 N–H and O–H groups in total. The fourth-order valence-electron chi connectivity index (χ4n) is 4.83. The van der Waals surface area contributed by atoms with Crippen molar-refractivity contribution < 1.29 is 14.0 Å². The lowest BCUT2D eigenvalue weighted by atomic mass is 9.70. The number of hydrogen-bond acceptors (Lipinski definition) is 4. The molecule has 2 unspecified atom stereocenters. The smallest absolute Gasteiger partial charge is 0.237 e. The van der Waals surface area contributed by atoms with E-state index in [1.165, 1.54) is 4.90 Å². The SMILES string of the molecule is Cc1ccc(NC(=O)C2(CCCNCC(=O)N3CC(F)CC3C#N)CCCCC2)c(Cl)c1. The van der Waals surface area contributed by atoms with Gasteiger partial charge in [-0.05, 0) is 56.8 Å². The maximum absolute atomic E-state index is 13.5. The van der Waals surface area contributed by atoms with Crippen molar-refractivity contribution in [2.45, 2.75) is 70.5 Å². The Morgan fingerprint density at radius 1 is 1.31 bits per heavy atom. The number of carbonyl (C=O) groups is 2. The number of likely N-dealkylation sites (tertiary alicyclic amines) is 1. The molecule has 8 heteroatoms. The number of anilines is 1. The fraction of sp³-hybridized carbons (Fsp3) is 0.625. The number of nitrogens with one attached hydrogen (secondary N) is 2. The molecular weight excluding hydrogens is 431 g/mol. The first-order valence-electron chi connectivity index (χ1n) is 11.5. The monoisotopic (exact) mass is 462 g/mol. The van der Waals surface area contributed by atoms with E-state index in [2.05, 4.69) is 10.6 Å². The van der Waals surface area contributed by atoms with E-state index in [0.717, 1.165) is 50.5 Å². The van der Waals surface area contributed by atoms with Gasteiger partial charge in [0, 0.05) is 11.8 Å². The van der Waals surface area contributed by atoms with Crippen LogP contribution in [0.4, 0.5) is 10.1 Å². The summed E-state index contributed by atoms with van der Waals surface area (Å²) in [6, 6.07) is 6.93. The summed E-state index contributed by atoms with van der Waals surface area (Å²) in [5, 5.41) is 15.8. The highest BCUT2D eigenvalue weighted by Crippen LogP contribution is 2.41. The minimum absolute atomic E-state index is 0.0103. The lowest BCUT2D eigenvalue weighted by molar-refractivity contribution is -0.130. The van der Waals surface area contributed by atoms with Crippen LogP contribution in [0.15, 0.2) is 18.2 Å². The molecule has 1 aromatic rings. The minimum atomic E-state index is -1.13. The van der Waals surface area contributed by atoms with E-state index in [4.69, 9.17) is 16.9 Å². The zero-order valence-electron chi connectivity index (χ0n) is 18.6. The molecule has 2 fully saturated rings. The standard InChI is InChI=1S/C24H32ClFN4O2/c1-17-6-7-21(20(25)12-17)29-23(32)24(8-3-2-4-9-24)10-5-11-28-15-22(31)30-16-18(26)13-19(30)14-27/h6-7,12,18-19,28H,2-5,8-11,13,15-16H2,1H3,(H,29,32). The number of aryl methyl sites for hydroxylation is 1. The fourth-order valence-corrected chi connectivity index (χ4v) is 5.11. The topological polar surface area (TPSA) is 85.2 Å². The highest BCUT2D eigenvalue weighted by atomic mass is 35.5. The van der Waals surface area contributed by atoms with Gasteiger partial charge in [0.25, 0.3) is 0 Å². The maximum atomic E-state index is 13.5. The van der Waals surface area contributed by atoms with Gasteiger partial charge in [-0.15, -0.1) is 0 Å². The predicted octanol–water partition coefficient (Wildman–Crippen LogP) is 4.37. The number of benzene rings is 1. The molecule has 2 aliphatic rings. The quantitative estimate of drug-likeness (QED) is 0.562. The number of nitrogens with zero attached hydrogens (tertiary/aromatic N) is 2. The van der Waals surface area contributed by atoms with Gasteiger partial charge >= 0.3 is 0 Å². The summed E-state index contributed by atoms with van der Waals surface area (Å²) >= 11 is 6.31. The van der Waals surface area contributed by atoms with Crippen LogP contribution in [0.3, 0.4) is 0 Å². The van der Waals surface area contributed by atoms with E-state index in [1.54, 1.807) is 0 Å². The highest BCUT2D eigenvalue weighted by molar-refractivity contribution is 6.33. The molecule has 0 radical (unpaired) electrons. The summed E-state index contributed by atoms with van der Waals surface area (Å²) in [5.74, 6) is -0.238. The minimum Gasteiger partial charge on any atom is -0.324 e. The van der Waals surface area contributed by atoms with E-state index < -0.39 is 17.6 Å². The first-order chi connectivity index (χ1) is 15.3. The Hall–Kier alpha value is -2.17. The Kier molecular flexibility index (Phi) is 8.50. The zero-order valence-corrected chi connectivity index (χ0v) is 19.4. The first-order valence-corrected chi connectivity index (χ1v) is 11.8. The first kappa shape index (κ1) is 24.5. The number of rotatable bonds is 8. The predicted molar refractivity (Wildman–Crippen MR) is 123 cm³/mol. The molecule has 1 saturated carbocycles. The van der Waals surface area contributed by atoms with E-state index >= 15 is 0 Å². The van der Waals surface area contributed by atoms with Crippen molar-refractivity contribution in [3.63, 3.8) is 0 Å². The van der Waals surface area contributed by atoms with Crippen LogP contribution in [-0.4, -0.2) is 48.6 Å². The summed E-state index contributed by atoms with van der Waals surface area (Å²) in [6.07, 6.45) is 5.30. The lowest BCUT2D eigenvalue weighted by Crippen LogP contribution is -2.41. The van der Waals surface area contributed by atoms with E-state index in [-0.39, 0.29) is 31.3 Å². The molecule has 0 spiro atoms. The van der Waals surface area contributed by atoms with Crippen LogP contribution in [0.5, 0.6) is 0 Å². The van der Waals surface area contributed by atoms with E-state index in [0.29, 0.717) is 17.3 Å². The Bertz CT molecular complexity index is 866. The molecule has 1 heterocycles. The molecule has 1 aliphatic heterocycles. The Morgan fingerprint density at radius 3 is 2.75 bits per heavy atom. The van der Waals surface area contributed by atoms with Crippen molar-refractivity contribution in [3.8, 4) is 6.07 Å². The second kappa shape index (κ2) is 11.1. The summed E-state index contributed by atoms with van der Waals surface area (Å²) in [6.45, 7) is 2.60. The van der Waals surface area contributed by atoms with Crippen molar-refractivity contribution in [3.05, 3.63) is 28.8 Å². The van der Waals surface area contributed by atoms with Gasteiger partial charge < -0.3 is 15.5 Å². The lowest BCUT2D eigenvalue weighted by Gasteiger charge is -2.36. The van der Waals surface area contributed by atoms with Crippen molar-refractivity contribution in [1.29, 1.82) is 5.26 Å². The molecule has 3 rings (SSSR count). The third kappa shape index (κ3) is 5.99. The van der Waals surface area contributed by atoms with Crippen molar-refractivity contribution in [2.24, 2.45) is 5.41 Å². The van der Waals surface area contributed by atoms with Crippen molar-refractivity contribution in [1.82, 2.24) is 10.2 Å². The Morgan fingerprint density at radius 2 is 2.06 bits per heavy atom. The number of amides is 2. The molecule has 174 valence electrons. The highest BCUT2D eigenvalue weighted by Gasteiger charge is 2.39. The van der Waals surface area contributed by atoms with E-state index in [1.807, 2.05) is 31.2 Å². The van der Waals surface area contributed by atoms with Crippen LogP contribution in [0.1, 0.15) is 56.9 Å². The Labute approximate surface area is 194 Å². The molecule has 2 atom stereocenters. The zero-order chi connectivity index (χ0) is 23.1. The summed E-state index contributed by atoms with van der Waals surface area (Å²) < 4.78 is 13.5. The van der Waals surface area contributed by atoms with Crippen LogP contribution in [0, 0.1) is 23.7 Å². The number of carbonyl (C=O) groups excluding carboxylic acids is 2. The van der Waals surface area contributed by atoms with Gasteiger partial charge in [0.1, 0.15) is 12.2 Å². The Balaban J connectivity index is 1.50. The van der Waals surface area contributed by atoms with E-state index in [9.17, 15) is 14.0 Å². The van der Waals surface area contributed by atoms with Crippen LogP contribution >= 0.6 is 11.6 Å². The van der Waals surface area contributed by atoms with Gasteiger partial charge in [-0.25, -0.2) is 4.39 Å². The molecule has 6 nitrogen and oxygen atoms in total.